The van der Waals surface area contributed by atoms with Crippen LogP contribution < -0.4 is 10.6 Å². The van der Waals surface area contributed by atoms with Gasteiger partial charge in [0.15, 0.2) is 0 Å². The summed E-state index contributed by atoms with van der Waals surface area (Å²) in [4.78, 5) is 16.0. The van der Waals surface area contributed by atoms with E-state index in [1.807, 2.05) is 30.3 Å². The number of hydrogen-bond acceptors (Lipinski definition) is 5. The van der Waals surface area contributed by atoms with E-state index in [1.54, 1.807) is 6.08 Å². The van der Waals surface area contributed by atoms with Gasteiger partial charge in [-0.25, -0.2) is 8.78 Å². The molecule has 2 aliphatic carbocycles. The predicted octanol–water partition coefficient (Wildman–Crippen LogP) is 5.07. The first kappa shape index (κ1) is 27.5. The molecular formula is C31H42F2N6O. The van der Waals surface area contributed by atoms with E-state index in [4.69, 9.17) is 0 Å². The lowest BCUT2D eigenvalue weighted by atomic mass is 9.53. The first-order chi connectivity index (χ1) is 19.2. The highest BCUT2D eigenvalue weighted by Gasteiger charge is 2.69. The minimum absolute atomic E-state index is 0.176. The van der Waals surface area contributed by atoms with Crippen molar-refractivity contribution in [2.24, 2.45) is 5.41 Å². The lowest BCUT2D eigenvalue weighted by molar-refractivity contribution is -0.188. The molecule has 40 heavy (non-hydrogen) atoms. The van der Waals surface area contributed by atoms with Gasteiger partial charge in [-0.2, -0.15) is 0 Å². The number of halogens is 2. The summed E-state index contributed by atoms with van der Waals surface area (Å²) in [7, 11) is 0. The first-order valence-corrected chi connectivity index (χ1v) is 15.0. The number of nitrogens with one attached hydrogen (secondary N) is 2. The topological polar surface area (TPSA) is 75.1 Å². The van der Waals surface area contributed by atoms with Crippen molar-refractivity contribution < 1.29 is 13.6 Å². The van der Waals surface area contributed by atoms with Crippen LogP contribution in [0.15, 0.2) is 42.5 Å². The van der Waals surface area contributed by atoms with Gasteiger partial charge >= 0.3 is 0 Å². The van der Waals surface area contributed by atoms with Gasteiger partial charge in [0.1, 0.15) is 11.6 Å². The van der Waals surface area contributed by atoms with Gasteiger partial charge in [-0.3, -0.25) is 15.0 Å². The number of rotatable bonds is 8. The molecule has 2 unspecified atom stereocenters. The second-order valence-electron chi connectivity index (χ2n) is 12.7. The van der Waals surface area contributed by atoms with Crippen LogP contribution >= 0.6 is 0 Å². The van der Waals surface area contributed by atoms with Crippen molar-refractivity contribution in [1.82, 2.24) is 30.3 Å². The molecule has 1 amide bonds. The number of carbonyl (C=O) groups is 1. The monoisotopic (exact) mass is 552 g/mol. The molecular weight excluding hydrogens is 510 g/mol. The van der Waals surface area contributed by atoms with Crippen LogP contribution in [0, 0.1) is 12.3 Å². The number of benzene rings is 1. The van der Waals surface area contributed by atoms with Gasteiger partial charge in [-0.1, -0.05) is 56.3 Å². The summed E-state index contributed by atoms with van der Waals surface area (Å²) in [5.41, 5.74) is 1.45. The maximum Gasteiger partial charge on any atom is 0.263 e. The van der Waals surface area contributed by atoms with Crippen LogP contribution in [0.3, 0.4) is 0 Å². The lowest BCUT2D eigenvalue weighted by Crippen LogP contribution is -2.74. The van der Waals surface area contributed by atoms with Gasteiger partial charge in [0.2, 0.25) is 5.91 Å². The van der Waals surface area contributed by atoms with E-state index in [-0.39, 0.29) is 18.4 Å². The fourth-order valence-electron chi connectivity index (χ4n) is 7.93. The molecule has 1 aromatic heterocycles. The third-order valence-corrected chi connectivity index (χ3v) is 9.97. The number of alkyl halides is 2. The zero-order chi connectivity index (χ0) is 28.1. The largest absolute Gasteiger partial charge is 0.348 e. The molecule has 7 nitrogen and oxygen atoms in total. The summed E-state index contributed by atoms with van der Waals surface area (Å²) in [5.74, 6) is -0.625. The normalized spacial score (nSPS) is 31.9. The summed E-state index contributed by atoms with van der Waals surface area (Å²) in [6, 6.07) is 10.8. The number of allylic oxidation sites excluding steroid dienone is 1. The summed E-state index contributed by atoms with van der Waals surface area (Å²) in [6.07, 6.45) is 8.91. The van der Waals surface area contributed by atoms with Crippen LogP contribution in [0.2, 0.25) is 0 Å². The third-order valence-electron chi connectivity index (χ3n) is 9.97. The van der Waals surface area contributed by atoms with Gasteiger partial charge < -0.3 is 9.88 Å². The Morgan fingerprint density at radius 2 is 1.98 bits per heavy atom. The number of aromatic nitrogens is 3. The van der Waals surface area contributed by atoms with Crippen molar-refractivity contribution in [3.63, 3.8) is 0 Å². The summed E-state index contributed by atoms with van der Waals surface area (Å²) >= 11 is 0. The molecule has 2 aromatic rings. The Morgan fingerprint density at radius 1 is 1.18 bits per heavy atom. The minimum atomic E-state index is -2.85. The quantitative estimate of drug-likeness (QED) is 0.448. The Hall–Kier alpha value is -2.65. The Kier molecular flexibility index (Phi) is 7.32. The molecule has 0 radical (unpaired) electrons. The number of aryl methyl sites for hydroxylation is 1. The lowest BCUT2D eigenvalue weighted by Gasteiger charge is -2.68. The molecule has 4 aliphatic rings. The van der Waals surface area contributed by atoms with E-state index in [9.17, 15) is 13.6 Å². The van der Waals surface area contributed by atoms with Crippen LogP contribution in [0.4, 0.5) is 8.78 Å². The van der Waals surface area contributed by atoms with Crippen molar-refractivity contribution in [3.05, 3.63) is 59.7 Å². The van der Waals surface area contributed by atoms with Crippen molar-refractivity contribution in [1.29, 1.82) is 0 Å². The number of carbonyl (C=O) groups excluding carboxylic acids is 1. The number of amides is 1. The predicted molar refractivity (Wildman–Crippen MR) is 150 cm³/mol. The average Bonchev–Trinajstić information content (AvgIpc) is 3.49. The highest BCUT2D eigenvalue weighted by molar-refractivity contribution is 5.82. The van der Waals surface area contributed by atoms with Crippen molar-refractivity contribution in [2.45, 2.75) is 108 Å². The minimum Gasteiger partial charge on any atom is -0.348 e. The second-order valence-corrected chi connectivity index (χ2v) is 12.7. The molecule has 9 heteroatoms. The highest BCUT2D eigenvalue weighted by atomic mass is 19.3. The van der Waals surface area contributed by atoms with Crippen LogP contribution in [0.5, 0.6) is 0 Å². The van der Waals surface area contributed by atoms with Gasteiger partial charge in [0, 0.05) is 42.4 Å². The molecule has 1 saturated heterocycles. The van der Waals surface area contributed by atoms with Crippen molar-refractivity contribution >= 4 is 5.91 Å². The second kappa shape index (κ2) is 10.6. The summed E-state index contributed by atoms with van der Waals surface area (Å²) in [6.45, 7) is 6.86. The standard InChI is InChI=1S/C31H42F2N6O/c1-20(2)28-37-36-21(3)39(28)23-17-27-30(18-23)15-12-26(30)38(27)16-13-24(22-9-5-4-6-10-22)35-29(40)25-11-7-8-14-31(32,33)19-34-25/h4-10,20,23-27,34H,11-19H2,1-3H3,(H,35,40)/t23-,24+,25+,26+,27?,30?/m1/s1. The molecule has 0 bridgehead atoms. The molecule has 6 atom stereocenters. The Labute approximate surface area is 235 Å². The third kappa shape index (κ3) is 4.89. The van der Waals surface area contributed by atoms with E-state index in [0.717, 1.165) is 36.6 Å². The van der Waals surface area contributed by atoms with E-state index in [0.29, 0.717) is 35.9 Å². The summed E-state index contributed by atoms with van der Waals surface area (Å²) in [5, 5.41) is 14.9. The Bertz CT molecular complexity index is 1250. The first-order valence-electron chi connectivity index (χ1n) is 15.0. The maximum absolute atomic E-state index is 14.0. The number of piperidine rings is 1. The van der Waals surface area contributed by atoms with Crippen LogP contribution in [0.25, 0.3) is 0 Å². The number of likely N-dealkylation sites (tertiary alicyclic amines) is 1. The van der Waals surface area contributed by atoms with E-state index in [1.165, 1.54) is 25.3 Å². The average molecular weight is 553 g/mol. The molecule has 1 aromatic carbocycles. The van der Waals surface area contributed by atoms with Gasteiger partial charge in [-0.15, -0.1) is 10.2 Å². The fourth-order valence-corrected chi connectivity index (χ4v) is 7.93. The Balaban J connectivity index is 1.14. The molecule has 2 saturated carbocycles. The van der Waals surface area contributed by atoms with E-state index < -0.39 is 18.5 Å². The smallest absolute Gasteiger partial charge is 0.263 e. The highest BCUT2D eigenvalue weighted by Crippen LogP contribution is 2.67. The van der Waals surface area contributed by atoms with E-state index in [2.05, 4.69) is 51.1 Å². The molecule has 3 fully saturated rings. The number of hydrogen-bond donors (Lipinski definition) is 2. The zero-order valence-electron chi connectivity index (χ0n) is 23.8. The maximum atomic E-state index is 14.0. The molecule has 3 heterocycles. The molecule has 6 rings (SSSR count). The zero-order valence-corrected chi connectivity index (χ0v) is 23.8. The van der Waals surface area contributed by atoms with Gasteiger partial charge in [0.05, 0.1) is 18.6 Å². The van der Waals surface area contributed by atoms with Gasteiger partial charge in [-0.05, 0) is 51.0 Å². The van der Waals surface area contributed by atoms with Crippen LogP contribution in [0.1, 0.15) is 94.0 Å². The SMILES string of the molecule is Cc1nnc(C(C)C)n1[C@@H]1CC2N(CC[C@H](NC(=O)[C@@H]3CC=CCC(F)(F)CN3)c3ccccc3)[C@H]3CCC23C1. The van der Waals surface area contributed by atoms with Crippen LogP contribution in [-0.4, -0.2) is 62.7 Å². The van der Waals surface area contributed by atoms with Crippen LogP contribution in [-0.2, 0) is 4.79 Å². The number of nitrogens with zero attached hydrogens (tertiary/aromatic N) is 4. The molecule has 2 N–H and O–H groups in total. The van der Waals surface area contributed by atoms with Crippen molar-refractivity contribution in [3.8, 4) is 0 Å². The molecule has 2 aliphatic heterocycles. The fraction of sp³-hybridized carbons (Fsp3) is 0.645. The van der Waals surface area contributed by atoms with Crippen molar-refractivity contribution in [2.75, 3.05) is 13.1 Å². The summed E-state index contributed by atoms with van der Waals surface area (Å²) < 4.78 is 30.4. The van der Waals surface area contributed by atoms with E-state index >= 15 is 0 Å². The Morgan fingerprint density at radius 3 is 2.70 bits per heavy atom. The van der Waals surface area contributed by atoms with Gasteiger partial charge in [0.25, 0.3) is 5.92 Å². The molecule has 216 valence electrons. The molecule has 1 spiro atoms.